The molecule has 1 aromatic carbocycles. The Bertz CT molecular complexity index is 1100. The molecule has 0 N–H and O–H groups in total. The summed E-state index contributed by atoms with van der Waals surface area (Å²) in [7, 11) is 0. The highest BCUT2D eigenvalue weighted by molar-refractivity contribution is 5.88. The zero-order valence-electron chi connectivity index (χ0n) is 20.8. The van der Waals surface area contributed by atoms with Crippen LogP contribution >= 0.6 is 0 Å². The molecular formula is C25H32F3N5O3. The summed E-state index contributed by atoms with van der Waals surface area (Å²) in [6.45, 7) is 9.08. The van der Waals surface area contributed by atoms with Crippen molar-refractivity contribution in [2.45, 2.75) is 51.9 Å². The molecule has 2 saturated heterocycles. The largest absolute Gasteiger partial charge is 0.455 e. The van der Waals surface area contributed by atoms with Crippen LogP contribution in [0.5, 0.6) is 0 Å². The summed E-state index contributed by atoms with van der Waals surface area (Å²) in [5, 5.41) is 4.07. The standard InChI is InChI=1S/C25H32F3N5O3/c1-24(2,3)36-22(34)20-8-11-33(29-20)23(35)32-14-12-30(13-15-32)17-18-6-7-19(25(26,27)28)21(16-18)31-9-4-5-10-31/h6-8,11,16H,4-5,9-10,12-15,17H2,1-3H3. The molecule has 0 atom stereocenters. The number of ether oxygens (including phenoxy) is 1. The topological polar surface area (TPSA) is 70.9 Å². The van der Waals surface area contributed by atoms with Crippen LogP contribution < -0.4 is 4.90 Å². The number of hydrogen-bond donors (Lipinski definition) is 0. The fraction of sp³-hybridized carbons (Fsp3) is 0.560. The molecule has 8 nitrogen and oxygen atoms in total. The number of piperazine rings is 1. The predicted molar refractivity (Wildman–Crippen MR) is 128 cm³/mol. The van der Waals surface area contributed by atoms with Gasteiger partial charge < -0.3 is 14.5 Å². The van der Waals surface area contributed by atoms with Gasteiger partial charge in [0, 0.05) is 57.7 Å². The average Bonchev–Trinajstić information content (AvgIpc) is 3.50. The number of anilines is 1. The van der Waals surface area contributed by atoms with Crippen molar-refractivity contribution in [1.82, 2.24) is 19.6 Å². The van der Waals surface area contributed by atoms with E-state index in [1.165, 1.54) is 18.3 Å². The summed E-state index contributed by atoms with van der Waals surface area (Å²) < 4.78 is 47.1. The second-order valence-electron chi connectivity index (χ2n) is 10.2. The van der Waals surface area contributed by atoms with Crippen LogP contribution in [0.1, 0.15) is 55.2 Å². The SMILES string of the molecule is CC(C)(C)OC(=O)c1ccn(C(=O)N2CCN(Cc3ccc(C(F)(F)F)c(N4CCCC4)c3)CC2)n1. The smallest absolute Gasteiger partial charge is 0.418 e. The van der Waals surface area contributed by atoms with E-state index in [0.29, 0.717) is 45.8 Å². The molecule has 2 aliphatic rings. The number of halogens is 3. The molecule has 196 valence electrons. The van der Waals surface area contributed by atoms with Gasteiger partial charge in [0.2, 0.25) is 0 Å². The molecule has 0 unspecified atom stereocenters. The number of esters is 1. The minimum Gasteiger partial charge on any atom is -0.455 e. The maximum atomic E-state index is 13.6. The average molecular weight is 508 g/mol. The first-order valence-electron chi connectivity index (χ1n) is 12.2. The van der Waals surface area contributed by atoms with Crippen LogP contribution in [0.25, 0.3) is 0 Å². The Hall–Kier alpha value is -3.08. The van der Waals surface area contributed by atoms with Crippen LogP contribution in [-0.2, 0) is 17.5 Å². The lowest BCUT2D eigenvalue weighted by atomic mass is 10.1. The number of rotatable bonds is 4. The molecule has 2 aromatic rings. The number of aromatic nitrogens is 2. The van der Waals surface area contributed by atoms with E-state index in [9.17, 15) is 22.8 Å². The maximum Gasteiger partial charge on any atom is 0.418 e. The predicted octanol–water partition coefficient (Wildman–Crippen LogP) is 4.24. The lowest BCUT2D eigenvalue weighted by Crippen LogP contribution is -2.49. The van der Waals surface area contributed by atoms with Gasteiger partial charge in [0.15, 0.2) is 5.69 Å². The highest BCUT2D eigenvalue weighted by Crippen LogP contribution is 2.38. The van der Waals surface area contributed by atoms with Crippen molar-refractivity contribution in [2.75, 3.05) is 44.2 Å². The number of carbonyl (C=O) groups excluding carboxylic acids is 2. The van der Waals surface area contributed by atoms with Crippen molar-refractivity contribution in [3.63, 3.8) is 0 Å². The Morgan fingerprint density at radius 1 is 0.972 bits per heavy atom. The van der Waals surface area contributed by atoms with Crippen molar-refractivity contribution < 1.29 is 27.5 Å². The fourth-order valence-electron chi connectivity index (χ4n) is 4.51. The molecule has 0 spiro atoms. The van der Waals surface area contributed by atoms with Crippen LogP contribution in [0.4, 0.5) is 23.7 Å². The Morgan fingerprint density at radius 3 is 2.25 bits per heavy atom. The van der Waals surface area contributed by atoms with Gasteiger partial charge in [-0.05, 0) is 57.4 Å². The number of hydrogen-bond acceptors (Lipinski definition) is 6. The minimum absolute atomic E-state index is 0.0630. The zero-order valence-corrected chi connectivity index (χ0v) is 20.8. The van der Waals surface area contributed by atoms with E-state index in [1.54, 1.807) is 37.8 Å². The second kappa shape index (κ2) is 10.1. The Labute approximate surface area is 208 Å². The van der Waals surface area contributed by atoms with Crippen LogP contribution in [0.15, 0.2) is 30.5 Å². The van der Waals surface area contributed by atoms with Gasteiger partial charge in [-0.25, -0.2) is 9.59 Å². The van der Waals surface area contributed by atoms with Crippen LogP contribution in [0.3, 0.4) is 0 Å². The molecule has 0 aliphatic carbocycles. The summed E-state index contributed by atoms with van der Waals surface area (Å²) in [6, 6.07) is 5.50. The lowest BCUT2D eigenvalue weighted by molar-refractivity contribution is -0.137. The number of amides is 1. The van der Waals surface area contributed by atoms with Crippen LogP contribution in [-0.4, -0.2) is 76.5 Å². The summed E-state index contributed by atoms with van der Waals surface area (Å²) in [5.41, 5.74) is -0.116. The number of carbonyl (C=O) groups is 2. The van der Waals surface area contributed by atoms with E-state index in [1.807, 2.05) is 4.90 Å². The van der Waals surface area contributed by atoms with E-state index in [-0.39, 0.29) is 17.4 Å². The Morgan fingerprint density at radius 2 is 1.64 bits per heavy atom. The molecule has 1 amide bonds. The second-order valence-corrected chi connectivity index (χ2v) is 10.2. The molecule has 0 bridgehead atoms. The highest BCUT2D eigenvalue weighted by Gasteiger charge is 2.35. The maximum absolute atomic E-state index is 13.6. The van der Waals surface area contributed by atoms with Gasteiger partial charge in [-0.15, -0.1) is 0 Å². The van der Waals surface area contributed by atoms with Crippen molar-refractivity contribution in [1.29, 1.82) is 0 Å². The highest BCUT2D eigenvalue weighted by atomic mass is 19.4. The van der Waals surface area contributed by atoms with Gasteiger partial charge in [-0.2, -0.15) is 23.0 Å². The molecule has 0 radical (unpaired) electrons. The quantitative estimate of drug-likeness (QED) is 0.577. The number of nitrogens with zero attached hydrogens (tertiary/aromatic N) is 5. The molecule has 36 heavy (non-hydrogen) atoms. The molecule has 11 heteroatoms. The molecule has 2 aliphatic heterocycles. The van der Waals surface area contributed by atoms with E-state index >= 15 is 0 Å². The zero-order chi connectivity index (χ0) is 26.1. The van der Waals surface area contributed by atoms with Crippen molar-refractivity contribution in [2.24, 2.45) is 0 Å². The van der Waals surface area contributed by atoms with E-state index in [0.717, 1.165) is 23.1 Å². The molecule has 0 saturated carbocycles. The van der Waals surface area contributed by atoms with E-state index in [2.05, 4.69) is 10.00 Å². The fourth-order valence-corrected chi connectivity index (χ4v) is 4.51. The summed E-state index contributed by atoms with van der Waals surface area (Å²) >= 11 is 0. The number of alkyl halides is 3. The van der Waals surface area contributed by atoms with Crippen LogP contribution in [0.2, 0.25) is 0 Å². The third kappa shape index (κ3) is 6.18. The number of benzene rings is 1. The normalized spacial score (nSPS) is 17.5. The van der Waals surface area contributed by atoms with Gasteiger partial charge in [0.1, 0.15) is 5.60 Å². The Balaban J connectivity index is 1.36. The Kier molecular flexibility index (Phi) is 7.31. The van der Waals surface area contributed by atoms with Gasteiger partial charge in [-0.3, -0.25) is 4.90 Å². The molecule has 1 aromatic heterocycles. The summed E-state index contributed by atoms with van der Waals surface area (Å²) in [4.78, 5) is 30.6. The van der Waals surface area contributed by atoms with E-state index in [4.69, 9.17) is 4.74 Å². The first-order valence-corrected chi connectivity index (χ1v) is 12.2. The van der Waals surface area contributed by atoms with Gasteiger partial charge in [-0.1, -0.05) is 6.07 Å². The third-order valence-corrected chi connectivity index (χ3v) is 6.26. The minimum atomic E-state index is -4.39. The van der Waals surface area contributed by atoms with Crippen molar-refractivity contribution in [3.8, 4) is 0 Å². The van der Waals surface area contributed by atoms with Gasteiger partial charge in [0.25, 0.3) is 0 Å². The monoisotopic (exact) mass is 507 g/mol. The first kappa shape index (κ1) is 26.0. The summed E-state index contributed by atoms with van der Waals surface area (Å²) in [6.07, 6.45) is -1.16. The first-order chi connectivity index (χ1) is 16.9. The molecule has 4 rings (SSSR count). The lowest BCUT2D eigenvalue weighted by Gasteiger charge is -2.34. The van der Waals surface area contributed by atoms with Gasteiger partial charge >= 0.3 is 18.2 Å². The van der Waals surface area contributed by atoms with Crippen molar-refractivity contribution >= 4 is 17.7 Å². The van der Waals surface area contributed by atoms with Crippen molar-refractivity contribution in [3.05, 3.63) is 47.3 Å². The van der Waals surface area contributed by atoms with Gasteiger partial charge in [0.05, 0.1) is 5.56 Å². The van der Waals surface area contributed by atoms with E-state index < -0.39 is 23.3 Å². The molecule has 2 fully saturated rings. The van der Waals surface area contributed by atoms with Crippen LogP contribution in [0, 0.1) is 0 Å². The molecular weight excluding hydrogens is 475 g/mol. The third-order valence-electron chi connectivity index (χ3n) is 6.26. The molecule has 3 heterocycles. The summed E-state index contributed by atoms with van der Waals surface area (Å²) in [5.74, 6) is -0.594.